The summed E-state index contributed by atoms with van der Waals surface area (Å²) in [4.78, 5) is 0. The number of unbranched alkanes of at least 4 members (excludes halogenated alkanes) is 2. The van der Waals surface area contributed by atoms with Crippen molar-refractivity contribution in [1.82, 2.24) is 0 Å². The van der Waals surface area contributed by atoms with Crippen LogP contribution in [-0.4, -0.2) is 11.7 Å². The van der Waals surface area contributed by atoms with Crippen molar-refractivity contribution in [3.05, 3.63) is 23.8 Å². The van der Waals surface area contributed by atoms with Crippen molar-refractivity contribution in [1.29, 1.82) is 0 Å². The molecule has 0 amide bonds. The van der Waals surface area contributed by atoms with Gasteiger partial charge in [-0.1, -0.05) is 19.8 Å². The summed E-state index contributed by atoms with van der Waals surface area (Å²) in [6.07, 6.45) is 3.72. The number of hydrogen-bond donors (Lipinski definition) is 2. The van der Waals surface area contributed by atoms with E-state index >= 15 is 0 Å². The normalized spacial score (nSPS) is 10.1. The summed E-state index contributed by atoms with van der Waals surface area (Å²) in [5, 5.41) is 12.6. The van der Waals surface area contributed by atoms with Crippen LogP contribution in [0.1, 0.15) is 31.7 Å². The zero-order chi connectivity index (χ0) is 10.4. The molecule has 0 saturated heterocycles. The van der Waals surface area contributed by atoms with Crippen molar-refractivity contribution in [3.8, 4) is 5.75 Å². The molecule has 0 radical (unpaired) electrons. The third-order valence-electron chi connectivity index (χ3n) is 2.31. The quantitative estimate of drug-likeness (QED) is 0.555. The average Bonchev–Trinajstić information content (AvgIpc) is 2.15. The number of nitrogens with one attached hydrogen (secondary N) is 1. The van der Waals surface area contributed by atoms with E-state index in [-0.39, 0.29) is 0 Å². The standard InChI is InChI=1S/C12H19NO/c1-3-4-5-8-13-12-7-6-11(14)9-10(12)2/h6-7,9,13-14H,3-5,8H2,1-2H3. The van der Waals surface area contributed by atoms with Gasteiger partial charge < -0.3 is 10.4 Å². The Morgan fingerprint density at radius 2 is 2.07 bits per heavy atom. The summed E-state index contributed by atoms with van der Waals surface area (Å²) in [7, 11) is 0. The van der Waals surface area contributed by atoms with Crippen LogP contribution in [0.15, 0.2) is 18.2 Å². The largest absolute Gasteiger partial charge is 0.508 e. The maximum absolute atomic E-state index is 9.22. The number of aryl methyl sites for hydroxylation is 1. The first-order chi connectivity index (χ1) is 6.74. The number of rotatable bonds is 5. The van der Waals surface area contributed by atoms with E-state index in [0.29, 0.717) is 5.75 Å². The van der Waals surface area contributed by atoms with Crippen LogP contribution in [0, 0.1) is 6.92 Å². The van der Waals surface area contributed by atoms with Gasteiger partial charge in [0.2, 0.25) is 0 Å². The van der Waals surface area contributed by atoms with E-state index in [1.54, 1.807) is 12.1 Å². The third kappa shape index (κ3) is 3.29. The molecule has 0 aromatic heterocycles. The maximum Gasteiger partial charge on any atom is 0.115 e. The Kier molecular flexibility index (Phi) is 4.30. The summed E-state index contributed by atoms with van der Waals surface area (Å²) in [5.41, 5.74) is 2.22. The van der Waals surface area contributed by atoms with Gasteiger partial charge in [-0.15, -0.1) is 0 Å². The molecular weight excluding hydrogens is 174 g/mol. The van der Waals surface area contributed by atoms with Crippen LogP contribution in [-0.2, 0) is 0 Å². The van der Waals surface area contributed by atoms with Gasteiger partial charge in [0, 0.05) is 12.2 Å². The molecule has 2 nitrogen and oxygen atoms in total. The van der Waals surface area contributed by atoms with E-state index in [2.05, 4.69) is 12.2 Å². The molecule has 0 unspecified atom stereocenters. The second-order valence-corrected chi connectivity index (χ2v) is 3.63. The second kappa shape index (κ2) is 5.53. The fraction of sp³-hybridized carbons (Fsp3) is 0.500. The van der Waals surface area contributed by atoms with Crippen molar-refractivity contribution in [2.24, 2.45) is 0 Å². The Balaban J connectivity index is 2.42. The van der Waals surface area contributed by atoms with Crippen LogP contribution in [0.3, 0.4) is 0 Å². The molecule has 1 aromatic rings. The molecule has 2 heteroatoms. The molecule has 0 aliphatic heterocycles. The van der Waals surface area contributed by atoms with Crippen molar-refractivity contribution in [2.75, 3.05) is 11.9 Å². The Bertz CT molecular complexity index is 284. The van der Waals surface area contributed by atoms with E-state index < -0.39 is 0 Å². The zero-order valence-corrected chi connectivity index (χ0v) is 9.01. The molecule has 0 saturated carbocycles. The molecule has 0 bridgehead atoms. The molecule has 1 rings (SSSR count). The van der Waals surface area contributed by atoms with Crippen LogP contribution in [0.4, 0.5) is 5.69 Å². The Hall–Kier alpha value is -1.18. The number of phenols is 1. The summed E-state index contributed by atoms with van der Waals surface area (Å²) in [5.74, 6) is 0.335. The van der Waals surface area contributed by atoms with Crippen LogP contribution in [0.25, 0.3) is 0 Å². The van der Waals surface area contributed by atoms with Gasteiger partial charge in [0.25, 0.3) is 0 Å². The predicted octanol–water partition coefficient (Wildman–Crippen LogP) is 3.30. The SMILES string of the molecule is CCCCCNc1ccc(O)cc1C. The lowest BCUT2D eigenvalue weighted by molar-refractivity contribution is 0.475. The molecule has 2 N–H and O–H groups in total. The van der Waals surface area contributed by atoms with E-state index in [1.807, 2.05) is 13.0 Å². The van der Waals surface area contributed by atoms with Crippen LogP contribution in [0.2, 0.25) is 0 Å². The summed E-state index contributed by atoms with van der Waals surface area (Å²) in [6, 6.07) is 5.42. The molecule has 0 fully saturated rings. The first-order valence-corrected chi connectivity index (χ1v) is 5.27. The van der Waals surface area contributed by atoms with Crippen LogP contribution < -0.4 is 5.32 Å². The number of phenolic OH excluding ortho intramolecular Hbond substituents is 1. The number of hydrogen-bond acceptors (Lipinski definition) is 2. The van der Waals surface area contributed by atoms with Gasteiger partial charge in [-0.2, -0.15) is 0 Å². The van der Waals surface area contributed by atoms with Gasteiger partial charge in [0.1, 0.15) is 5.75 Å². The smallest absolute Gasteiger partial charge is 0.115 e. The minimum absolute atomic E-state index is 0.335. The van der Waals surface area contributed by atoms with Crippen molar-refractivity contribution in [3.63, 3.8) is 0 Å². The molecule has 14 heavy (non-hydrogen) atoms. The first-order valence-electron chi connectivity index (χ1n) is 5.27. The summed E-state index contributed by atoms with van der Waals surface area (Å²) in [6.45, 7) is 5.22. The average molecular weight is 193 g/mol. The van der Waals surface area contributed by atoms with Gasteiger partial charge >= 0.3 is 0 Å². The summed E-state index contributed by atoms with van der Waals surface area (Å²) >= 11 is 0. The molecule has 0 aliphatic carbocycles. The fourth-order valence-corrected chi connectivity index (χ4v) is 1.44. The zero-order valence-electron chi connectivity index (χ0n) is 9.01. The third-order valence-corrected chi connectivity index (χ3v) is 2.31. The predicted molar refractivity (Wildman–Crippen MR) is 60.9 cm³/mol. The Morgan fingerprint density at radius 3 is 2.71 bits per heavy atom. The topological polar surface area (TPSA) is 32.3 Å². The van der Waals surface area contributed by atoms with Crippen molar-refractivity contribution in [2.45, 2.75) is 33.1 Å². The lowest BCUT2D eigenvalue weighted by Crippen LogP contribution is -2.02. The molecule has 0 atom stereocenters. The van der Waals surface area contributed by atoms with Crippen molar-refractivity contribution >= 4 is 5.69 Å². The number of aromatic hydroxyl groups is 1. The summed E-state index contributed by atoms with van der Waals surface area (Å²) < 4.78 is 0. The van der Waals surface area contributed by atoms with Gasteiger partial charge in [0.15, 0.2) is 0 Å². The van der Waals surface area contributed by atoms with Gasteiger partial charge in [0.05, 0.1) is 0 Å². The monoisotopic (exact) mass is 193 g/mol. The Labute approximate surface area is 86.0 Å². The molecular formula is C12H19NO. The molecule has 0 spiro atoms. The highest BCUT2D eigenvalue weighted by Gasteiger charge is 1.97. The van der Waals surface area contributed by atoms with E-state index in [4.69, 9.17) is 0 Å². The highest BCUT2D eigenvalue weighted by molar-refractivity contribution is 5.53. The van der Waals surface area contributed by atoms with E-state index in [1.165, 1.54) is 19.3 Å². The lowest BCUT2D eigenvalue weighted by atomic mass is 10.2. The van der Waals surface area contributed by atoms with Gasteiger partial charge in [-0.3, -0.25) is 0 Å². The number of anilines is 1. The molecule has 0 aliphatic rings. The maximum atomic E-state index is 9.22. The van der Waals surface area contributed by atoms with E-state index in [9.17, 15) is 5.11 Å². The first kappa shape index (κ1) is 10.9. The van der Waals surface area contributed by atoms with Crippen molar-refractivity contribution < 1.29 is 5.11 Å². The second-order valence-electron chi connectivity index (χ2n) is 3.63. The number of benzene rings is 1. The van der Waals surface area contributed by atoms with Crippen LogP contribution in [0.5, 0.6) is 5.75 Å². The highest BCUT2D eigenvalue weighted by atomic mass is 16.3. The molecule has 78 valence electrons. The highest BCUT2D eigenvalue weighted by Crippen LogP contribution is 2.19. The minimum Gasteiger partial charge on any atom is -0.508 e. The lowest BCUT2D eigenvalue weighted by Gasteiger charge is -2.09. The molecule has 0 heterocycles. The molecule has 1 aromatic carbocycles. The fourth-order valence-electron chi connectivity index (χ4n) is 1.44. The van der Waals surface area contributed by atoms with E-state index in [0.717, 1.165) is 17.8 Å². The van der Waals surface area contributed by atoms with Crippen LogP contribution >= 0.6 is 0 Å². The Morgan fingerprint density at radius 1 is 1.29 bits per heavy atom. The van der Waals surface area contributed by atoms with Gasteiger partial charge in [-0.25, -0.2) is 0 Å². The minimum atomic E-state index is 0.335. The van der Waals surface area contributed by atoms with Gasteiger partial charge in [-0.05, 0) is 37.1 Å².